The van der Waals surface area contributed by atoms with Gasteiger partial charge in [-0.2, -0.15) is 17.0 Å². The lowest BCUT2D eigenvalue weighted by atomic mass is 10.3. The van der Waals surface area contributed by atoms with Gasteiger partial charge >= 0.3 is 0 Å². The molecule has 4 heteroatoms. The van der Waals surface area contributed by atoms with Gasteiger partial charge in [0, 0.05) is 17.6 Å². The van der Waals surface area contributed by atoms with Crippen molar-refractivity contribution >= 4 is 11.8 Å². The Balaban J connectivity index is 3.31. The van der Waals surface area contributed by atoms with Gasteiger partial charge in [-0.25, -0.2) is 0 Å². The zero-order chi connectivity index (χ0) is 8.69. The summed E-state index contributed by atoms with van der Waals surface area (Å²) in [5.41, 5.74) is 5.37. The number of hydrogen-bond acceptors (Lipinski definition) is 4. The molecule has 0 aliphatic carbocycles. The SMILES string of the molecule is CC(CCO)SCC(N)C#N. The summed E-state index contributed by atoms with van der Waals surface area (Å²) in [5, 5.41) is 17.3. The largest absolute Gasteiger partial charge is 0.396 e. The summed E-state index contributed by atoms with van der Waals surface area (Å²) in [5.74, 6) is 0.650. The van der Waals surface area contributed by atoms with E-state index in [0.717, 1.165) is 6.42 Å². The lowest BCUT2D eigenvalue weighted by Gasteiger charge is -2.09. The van der Waals surface area contributed by atoms with Crippen molar-refractivity contribution in [3.8, 4) is 6.07 Å². The van der Waals surface area contributed by atoms with Crippen molar-refractivity contribution in [3.05, 3.63) is 0 Å². The molecule has 0 aliphatic heterocycles. The molecule has 0 fully saturated rings. The normalized spacial score (nSPS) is 15.5. The van der Waals surface area contributed by atoms with Crippen molar-refractivity contribution < 1.29 is 5.11 Å². The molecule has 0 saturated carbocycles. The first-order valence-corrected chi connectivity index (χ1v) is 4.63. The van der Waals surface area contributed by atoms with Crippen LogP contribution >= 0.6 is 11.8 Å². The average molecular weight is 174 g/mol. The maximum Gasteiger partial charge on any atom is 0.102 e. The van der Waals surface area contributed by atoms with Gasteiger partial charge in [-0.3, -0.25) is 0 Å². The molecule has 0 spiro atoms. The third-order valence-electron chi connectivity index (χ3n) is 1.26. The number of nitrogens with zero attached hydrogens (tertiary/aromatic N) is 1. The van der Waals surface area contributed by atoms with Crippen molar-refractivity contribution in [2.75, 3.05) is 12.4 Å². The van der Waals surface area contributed by atoms with Gasteiger partial charge in [0.25, 0.3) is 0 Å². The van der Waals surface area contributed by atoms with Crippen LogP contribution in [0.15, 0.2) is 0 Å². The maximum atomic E-state index is 8.55. The quantitative estimate of drug-likeness (QED) is 0.630. The molecule has 0 radical (unpaired) electrons. The maximum absolute atomic E-state index is 8.55. The van der Waals surface area contributed by atoms with Crippen molar-refractivity contribution in [3.63, 3.8) is 0 Å². The zero-order valence-electron chi connectivity index (χ0n) is 6.66. The molecule has 0 rings (SSSR count). The number of aliphatic hydroxyl groups excluding tert-OH is 1. The van der Waals surface area contributed by atoms with Crippen molar-refractivity contribution in [2.24, 2.45) is 5.73 Å². The second-order valence-electron chi connectivity index (χ2n) is 2.39. The Labute approximate surface area is 71.6 Å². The fourth-order valence-electron chi connectivity index (χ4n) is 0.570. The van der Waals surface area contributed by atoms with E-state index in [0.29, 0.717) is 11.0 Å². The summed E-state index contributed by atoms with van der Waals surface area (Å²) in [6, 6.07) is 1.58. The Kier molecular flexibility index (Phi) is 6.33. The Morgan fingerprint density at radius 1 is 1.73 bits per heavy atom. The number of nitrogens with two attached hydrogens (primary N) is 1. The minimum absolute atomic E-state index is 0.204. The fraction of sp³-hybridized carbons (Fsp3) is 0.857. The number of rotatable bonds is 5. The molecule has 0 aromatic heterocycles. The van der Waals surface area contributed by atoms with Gasteiger partial charge < -0.3 is 10.8 Å². The van der Waals surface area contributed by atoms with Gasteiger partial charge in [-0.1, -0.05) is 6.92 Å². The first-order valence-electron chi connectivity index (χ1n) is 3.58. The molecule has 0 saturated heterocycles. The van der Waals surface area contributed by atoms with Gasteiger partial charge in [0.2, 0.25) is 0 Å². The van der Waals surface area contributed by atoms with Crippen LogP contribution in [0.25, 0.3) is 0 Å². The van der Waals surface area contributed by atoms with Gasteiger partial charge in [0.15, 0.2) is 0 Å². The number of aliphatic hydroxyl groups is 1. The molecule has 11 heavy (non-hydrogen) atoms. The molecule has 3 nitrogen and oxygen atoms in total. The average Bonchev–Trinajstić information content (AvgIpc) is 2.01. The highest BCUT2D eigenvalue weighted by atomic mass is 32.2. The predicted octanol–water partition coefficient (Wildman–Crippen LogP) is 0.341. The predicted molar refractivity (Wildman–Crippen MR) is 47.2 cm³/mol. The fourth-order valence-corrected chi connectivity index (χ4v) is 1.45. The van der Waals surface area contributed by atoms with Crippen LogP contribution in [0.1, 0.15) is 13.3 Å². The first-order chi connectivity index (χ1) is 5.20. The van der Waals surface area contributed by atoms with Crippen LogP contribution in [-0.2, 0) is 0 Å². The molecular formula is C7H14N2OS. The smallest absolute Gasteiger partial charge is 0.102 e. The molecule has 0 aromatic carbocycles. The van der Waals surface area contributed by atoms with Crippen LogP contribution in [0.4, 0.5) is 0 Å². The van der Waals surface area contributed by atoms with E-state index in [4.69, 9.17) is 16.1 Å². The van der Waals surface area contributed by atoms with E-state index < -0.39 is 0 Å². The molecule has 2 atom stereocenters. The van der Waals surface area contributed by atoms with Crippen molar-refractivity contribution in [1.82, 2.24) is 0 Å². The van der Waals surface area contributed by atoms with Crippen LogP contribution in [0, 0.1) is 11.3 Å². The summed E-state index contributed by atoms with van der Waals surface area (Å²) in [6.45, 7) is 2.22. The second kappa shape index (κ2) is 6.47. The van der Waals surface area contributed by atoms with E-state index in [2.05, 4.69) is 0 Å². The Hall–Kier alpha value is -0.240. The molecule has 3 N–H and O–H groups in total. The molecule has 64 valence electrons. The number of thioether (sulfide) groups is 1. The van der Waals surface area contributed by atoms with E-state index in [1.807, 2.05) is 13.0 Å². The van der Waals surface area contributed by atoms with Crippen LogP contribution in [0.3, 0.4) is 0 Å². The van der Waals surface area contributed by atoms with E-state index in [1.54, 1.807) is 11.8 Å². The Bertz CT molecular complexity index is 135. The summed E-state index contributed by atoms with van der Waals surface area (Å²) < 4.78 is 0. The third-order valence-corrected chi connectivity index (χ3v) is 2.62. The molecule has 2 unspecified atom stereocenters. The van der Waals surface area contributed by atoms with Crippen molar-refractivity contribution in [2.45, 2.75) is 24.6 Å². The number of hydrogen-bond donors (Lipinski definition) is 2. The van der Waals surface area contributed by atoms with Crippen LogP contribution in [-0.4, -0.2) is 28.8 Å². The molecule has 0 aromatic rings. The van der Waals surface area contributed by atoms with Crippen LogP contribution < -0.4 is 5.73 Å². The van der Waals surface area contributed by atoms with Gasteiger partial charge in [0.05, 0.1) is 6.07 Å². The molecule has 0 bridgehead atoms. The lowest BCUT2D eigenvalue weighted by molar-refractivity contribution is 0.289. The second-order valence-corrected chi connectivity index (χ2v) is 3.86. The molecule has 0 aliphatic rings. The van der Waals surface area contributed by atoms with E-state index in [9.17, 15) is 0 Å². The van der Waals surface area contributed by atoms with Gasteiger partial charge in [-0.05, 0) is 6.42 Å². The van der Waals surface area contributed by atoms with E-state index in [1.165, 1.54) is 0 Å². The van der Waals surface area contributed by atoms with Crippen LogP contribution in [0.2, 0.25) is 0 Å². The minimum Gasteiger partial charge on any atom is -0.396 e. The lowest BCUT2D eigenvalue weighted by Crippen LogP contribution is -2.21. The Morgan fingerprint density at radius 2 is 2.36 bits per heavy atom. The highest BCUT2D eigenvalue weighted by Crippen LogP contribution is 2.13. The molecular weight excluding hydrogens is 160 g/mol. The van der Waals surface area contributed by atoms with E-state index >= 15 is 0 Å². The Morgan fingerprint density at radius 3 is 2.82 bits per heavy atom. The third kappa shape index (κ3) is 6.17. The standard InChI is InChI=1S/C7H14N2OS/c1-6(2-3-10)11-5-7(9)4-8/h6-7,10H,2-3,5,9H2,1H3. The van der Waals surface area contributed by atoms with Gasteiger partial charge in [-0.15, -0.1) is 0 Å². The molecule has 0 heterocycles. The summed E-state index contributed by atoms with van der Waals surface area (Å²) >= 11 is 1.63. The van der Waals surface area contributed by atoms with Crippen molar-refractivity contribution in [1.29, 1.82) is 5.26 Å². The van der Waals surface area contributed by atoms with E-state index in [-0.39, 0.29) is 12.6 Å². The first kappa shape index (κ1) is 10.8. The molecule has 0 amide bonds. The number of nitriles is 1. The highest BCUT2D eigenvalue weighted by Gasteiger charge is 2.04. The van der Waals surface area contributed by atoms with Gasteiger partial charge in [0.1, 0.15) is 6.04 Å². The summed E-state index contributed by atoms with van der Waals surface area (Å²) in [6.07, 6.45) is 0.767. The monoisotopic (exact) mass is 174 g/mol. The minimum atomic E-state index is -0.374. The van der Waals surface area contributed by atoms with Crippen LogP contribution in [0.5, 0.6) is 0 Å². The highest BCUT2D eigenvalue weighted by molar-refractivity contribution is 7.99. The summed E-state index contributed by atoms with van der Waals surface area (Å²) in [4.78, 5) is 0. The zero-order valence-corrected chi connectivity index (χ0v) is 7.47. The summed E-state index contributed by atoms with van der Waals surface area (Å²) in [7, 11) is 0. The topological polar surface area (TPSA) is 70.0 Å².